The van der Waals surface area contributed by atoms with Gasteiger partial charge in [0.1, 0.15) is 0 Å². The topological polar surface area (TPSA) is 12.0 Å². The van der Waals surface area contributed by atoms with Crippen molar-refractivity contribution in [2.75, 3.05) is 23.9 Å². The first-order chi connectivity index (χ1) is 6.24. The number of benzene rings is 1. The quantitative estimate of drug-likeness (QED) is 0.676. The molecule has 0 fully saturated rings. The molecule has 0 spiro atoms. The molecule has 0 radical (unpaired) electrons. The van der Waals surface area contributed by atoms with E-state index < -0.39 is 0 Å². The van der Waals surface area contributed by atoms with Crippen LogP contribution in [0.4, 0.5) is 5.69 Å². The Morgan fingerprint density at radius 1 is 1.46 bits per heavy atom. The highest BCUT2D eigenvalue weighted by Gasteiger charge is 1.97. The first-order valence-corrected chi connectivity index (χ1v) is 6.70. The number of anilines is 1. The lowest BCUT2D eigenvalue weighted by molar-refractivity contribution is 1.21. The van der Waals surface area contributed by atoms with E-state index in [1.807, 2.05) is 11.8 Å². The van der Waals surface area contributed by atoms with E-state index in [1.54, 1.807) is 0 Å². The Kier molecular flexibility index (Phi) is 4.94. The average Bonchev–Trinajstić information content (AvgIpc) is 2.11. The molecule has 1 aromatic rings. The summed E-state index contributed by atoms with van der Waals surface area (Å²) in [5.74, 6) is 1.16. The Hall–Kier alpha value is 0.1000. The van der Waals surface area contributed by atoms with Gasteiger partial charge in [0.05, 0.1) is 0 Å². The maximum absolute atomic E-state index is 3.43. The molecule has 1 aromatic carbocycles. The molecule has 0 aliphatic rings. The van der Waals surface area contributed by atoms with Gasteiger partial charge in [-0.15, -0.1) is 0 Å². The van der Waals surface area contributed by atoms with Gasteiger partial charge in [0.2, 0.25) is 0 Å². The fourth-order valence-electron chi connectivity index (χ4n) is 1.07. The molecule has 0 bridgehead atoms. The molecule has 13 heavy (non-hydrogen) atoms. The number of thioether (sulfide) groups is 1. The summed E-state index contributed by atoms with van der Waals surface area (Å²) in [6, 6.07) is 6.48. The molecule has 0 saturated heterocycles. The Morgan fingerprint density at radius 2 is 2.23 bits per heavy atom. The first-order valence-electron chi connectivity index (χ1n) is 4.23. The number of hydrogen-bond acceptors (Lipinski definition) is 2. The molecule has 0 aliphatic heterocycles. The normalized spacial score (nSPS) is 10.1. The number of aryl methyl sites for hydroxylation is 1. The van der Waals surface area contributed by atoms with Gasteiger partial charge in [0.15, 0.2) is 0 Å². The van der Waals surface area contributed by atoms with Gasteiger partial charge >= 0.3 is 0 Å². The van der Waals surface area contributed by atoms with Gasteiger partial charge in [0.25, 0.3) is 0 Å². The van der Waals surface area contributed by atoms with Crippen LogP contribution in [-0.2, 0) is 0 Å². The Balaban J connectivity index is 2.59. The smallest absolute Gasteiger partial charge is 0.0380 e. The third-order valence-corrected chi connectivity index (χ3v) is 3.10. The molecule has 0 unspecified atom stereocenters. The van der Waals surface area contributed by atoms with Crippen molar-refractivity contribution in [1.82, 2.24) is 0 Å². The van der Waals surface area contributed by atoms with Crippen molar-refractivity contribution in [3.8, 4) is 0 Å². The molecular formula is C10H14INS. The number of halogens is 1. The largest absolute Gasteiger partial charge is 0.384 e. The first kappa shape index (κ1) is 11.2. The van der Waals surface area contributed by atoms with Gasteiger partial charge in [-0.2, -0.15) is 11.8 Å². The van der Waals surface area contributed by atoms with Gasteiger partial charge in [0, 0.05) is 21.6 Å². The number of rotatable bonds is 4. The molecule has 0 aromatic heterocycles. The second-order valence-corrected chi connectivity index (χ2v) is 5.11. The summed E-state index contributed by atoms with van der Waals surface area (Å²) < 4.78 is 1.29. The summed E-state index contributed by atoms with van der Waals surface area (Å²) in [7, 11) is 0. The molecule has 0 amide bonds. The summed E-state index contributed by atoms with van der Waals surface area (Å²) in [4.78, 5) is 0. The molecule has 0 aliphatic carbocycles. The van der Waals surface area contributed by atoms with Crippen LogP contribution in [0, 0.1) is 10.5 Å². The molecule has 0 saturated carbocycles. The average molecular weight is 307 g/mol. The second-order valence-electron chi connectivity index (χ2n) is 2.88. The predicted octanol–water partition coefficient (Wildman–Crippen LogP) is 3.37. The Bertz CT molecular complexity index is 276. The summed E-state index contributed by atoms with van der Waals surface area (Å²) in [6.07, 6.45) is 2.13. The summed E-state index contributed by atoms with van der Waals surface area (Å²) in [5, 5.41) is 3.43. The van der Waals surface area contributed by atoms with Crippen LogP contribution in [0.5, 0.6) is 0 Å². The molecular weight excluding hydrogens is 293 g/mol. The van der Waals surface area contributed by atoms with E-state index in [4.69, 9.17) is 0 Å². The minimum absolute atomic E-state index is 1.04. The van der Waals surface area contributed by atoms with Crippen LogP contribution in [0.1, 0.15) is 5.56 Å². The lowest BCUT2D eigenvalue weighted by atomic mass is 10.2. The van der Waals surface area contributed by atoms with E-state index in [-0.39, 0.29) is 0 Å². The molecule has 1 N–H and O–H groups in total. The predicted molar refractivity (Wildman–Crippen MR) is 70.8 cm³/mol. The monoisotopic (exact) mass is 307 g/mol. The maximum atomic E-state index is 3.43. The second kappa shape index (κ2) is 5.75. The number of nitrogens with one attached hydrogen (secondary N) is 1. The van der Waals surface area contributed by atoms with Crippen molar-refractivity contribution in [2.45, 2.75) is 6.92 Å². The van der Waals surface area contributed by atoms with E-state index in [1.165, 1.54) is 14.8 Å². The third-order valence-electron chi connectivity index (χ3n) is 1.82. The van der Waals surface area contributed by atoms with Crippen molar-refractivity contribution in [2.24, 2.45) is 0 Å². The summed E-state index contributed by atoms with van der Waals surface area (Å²) in [6.45, 7) is 3.18. The van der Waals surface area contributed by atoms with Gasteiger partial charge in [-0.1, -0.05) is 6.07 Å². The van der Waals surface area contributed by atoms with Crippen LogP contribution < -0.4 is 5.32 Å². The van der Waals surface area contributed by atoms with Gasteiger partial charge in [-0.3, -0.25) is 0 Å². The van der Waals surface area contributed by atoms with E-state index in [9.17, 15) is 0 Å². The van der Waals surface area contributed by atoms with Gasteiger partial charge in [-0.25, -0.2) is 0 Å². The van der Waals surface area contributed by atoms with Gasteiger partial charge < -0.3 is 5.32 Å². The van der Waals surface area contributed by atoms with E-state index in [0.717, 1.165) is 12.3 Å². The third kappa shape index (κ3) is 3.77. The zero-order valence-electron chi connectivity index (χ0n) is 7.93. The highest BCUT2D eigenvalue weighted by molar-refractivity contribution is 14.1. The maximum Gasteiger partial charge on any atom is 0.0380 e. The lowest BCUT2D eigenvalue weighted by Gasteiger charge is -2.08. The highest BCUT2D eigenvalue weighted by atomic mass is 127. The molecule has 3 heteroatoms. The van der Waals surface area contributed by atoms with Crippen LogP contribution >= 0.6 is 34.4 Å². The summed E-state index contributed by atoms with van der Waals surface area (Å²) in [5.41, 5.74) is 2.59. The Morgan fingerprint density at radius 3 is 2.92 bits per heavy atom. The van der Waals surface area contributed by atoms with Crippen molar-refractivity contribution in [3.05, 3.63) is 27.3 Å². The zero-order chi connectivity index (χ0) is 9.68. The summed E-state index contributed by atoms with van der Waals surface area (Å²) >= 11 is 4.20. The van der Waals surface area contributed by atoms with Crippen molar-refractivity contribution >= 4 is 40.0 Å². The molecule has 1 nitrogen and oxygen atoms in total. The van der Waals surface area contributed by atoms with Crippen molar-refractivity contribution in [3.63, 3.8) is 0 Å². The number of hydrogen-bond donors (Lipinski definition) is 1. The minimum Gasteiger partial charge on any atom is -0.384 e. The van der Waals surface area contributed by atoms with E-state index >= 15 is 0 Å². The van der Waals surface area contributed by atoms with Crippen molar-refractivity contribution < 1.29 is 0 Å². The highest BCUT2D eigenvalue weighted by Crippen LogP contribution is 2.17. The fourth-order valence-corrected chi connectivity index (χ4v) is 1.87. The fraction of sp³-hybridized carbons (Fsp3) is 0.400. The van der Waals surface area contributed by atoms with Crippen molar-refractivity contribution in [1.29, 1.82) is 0 Å². The van der Waals surface area contributed by atoms with Crippen LogP contribution in [0.3, 0.4) is 0 Å². The molecule has 0 atom stereocenters. The molecule has 1 rings (SSSR count). The SMILES string of the molecule is CSCCNc1cc(I)ccc1C. The standard InChI is InChI=1S/C10H14INS/c1-8-3-4-9(11)7-10(8)12-5-6-13-2/h3-4,7,12H,5-6H2,1-2H3. The van der Waals surface area contributed by atoms with Crippen LogP contribution in [0.2, 0.25) is 0 Å². The lowest BCUT2D eigenvalue weighted by Crippen LogP contribution is -2.05. The van der Waals surface area contributed by atoms with Crippen LogP contribution in [-0.4, -0.2) is 18.6 Å². The van der Waals surface area contributed by atoms with E-state index in [0.29, 0.717) is 0 Å². The van der Waals surface area contributed by atoms with Crippen LogP contribution in [0.25, 0.3) is 0 Å². The minimum atomic E-state index is 1.04. The van der Waals surface area contributed by atoms with Crippen LogP contribution in [0.15, 0.2) is 18.2 Å². The molecule has 72 valence electrons. The van der Waals surface area contributed by atoms with Gasteiger partial charge in [-0.05, 0) is 53.5 Å². The zero-order valence-corrected chi connectivity index (χ0v) is 10.9. The van der Waals surface area contributed by atoms with E-state index in [2.05, 4.69) is 59.3 Å². The molecule has 0 heterocycles. The Labute approximate surface area is 97.8 Å².